The molecule has 0 aliphatic heterocycles. The van der Waals surface area contributed by atoms with Crippen LogP contribution in [0.3, 0.4) is 0 Å². The highest BCUT2D eigenvalue weighted by Gasteiger charge is 2.19. The van der Waals surface area contributed by atoms with Crippen LogP contribution in [0.1, 0.15) is 21.5 Å². The molecule has 0 spiro atoms. The lowest BCUT2D eigenvalue weighted by atomic mass is 10.1. The molecule has 1 aromatic heterocycles. The first-order chi connectivity index (χ1) is 8.50. The second kappa shape index (κ2) is 4.98. The van der Waals surface area contributed by atoms with Crippen molar-refractivity contribution in [1.29, 1.82) is 0 Å². The minimum atomic E-state index is -0.0948. The fourth-order valence-electron chi connectivity index (χ4n) is 1.92. The van der Waals surface area contributed by atoms with Crippen LogP contribution in [0.15, 0.2) is 39.6 Å². The van der Waals surface area contributed by atoms with Crippen molar-refractivity contribution in [3.05, 3.63) is 51.9 Å². The quantitative estimate of drug-likeness (QED) is 0.842. The first-order valence-electron chi connectivity index (χ1n) is 5.59. The number of hydrogen-bond acceptors (Lipinski definition) is 2. The van der Waals surface area contributed by atoms with Gasteiger partial charge in [-0.2, -0.15) is 0 Å². The molecule has 0 saturated carbocycles. The van der Waals surface area contributed by atoms with Crippen LogP contribution in [0, 0.1) is 13.8 Å². The van der Waals surface area contributed by atoms with Gasteiger partial charge in [-0.05, 0) is 47.5 Å². The maximum atomic E-state index is 12.3. The van der Waals surface area contributed by atoms with E-state index in [-0.39, 0.29) is 5.91 Å². The smallest absolute Gasteiger partial charge is 0.262 e. The second-order valence-corrected chi connectivity index (χ2v) is 4.98. The van der Waals surface area contributed by atoms with Crippen molar-refractivity contribution in [2.24, 2.45) is 0 Å². The number of halogens is 1. The molecule has 0 radical (unpaired) electrons. The van der Waals surface area contributed by atoms with Gasteiger partial charge in [-0.15, -0.1) is 0 Å². The van der Waals surface area contributed by atoms with Gasteiger partial charge < -0.3 is 9.32 Å². The largest absolute Gasteiger partial charge is 0.457 e. The zero-order valence-corrected chi connectivity index (χ0v) is 12.1. The number of amides is 1. The standard InChI is InChI=1S/C14H14BrNO2/c1-9-4-5-12(10(2)8-9)16(3)14(17)11-6-7-18-13(11)15/h4-8H,1-3H3. The summed E-state index contributed by atoms with van der Waals surface area (Å²) >= 11 is 3.22. The van der Waals surface area contributed by atoms with Crippen molar-refractivity contribution in [2.75, 3.05) is 11.9 Å². The molecule has 0 saturated heterocycles. The van der Waals surface area contributed by atoms with Crippen LogP contribution in [0.2, 0.25) is 0 Å². The summed E-state index contributed by atoms with van der Waals surface area (Å²) in [5, 5.41) is 0. The molecule has 1 heterocycles. The normalized spacial score (nSPS) is 10.4. The lowest BCUT2D eigenvalue weighted by molar-refractivity contribution is 0.0991. The summed E-state index contributed by atoms with van der Waals surface area (Å²) in [7, 11) is 1.76. The van der Waals surface area contributed by atoms with Crippen molar-refractivity contribution in [3.8, 4) is 0 Å². The number of hydrogen-bond donors (Lipinski definition) is 0. The average Bonchev–Trinajstić information content (AvgIpc) is 2.74. The number of furan rings is 1. The topological polar surface area (TPSA) is 33.5 Å². The molecular formula is C14H14BrNO2. The Hall–Kier alpha value is -1.55. The van der Waals surface area contributed by atoms with Gasteiger partial charge >= 0.3 is 0 Å². The summed E-state index contributed by atoms with van der Waals surface area (Å²) in [6.07, 6.45) is 1.49. The number of carbonyl (C=O) groups is 1. The molecule has 1 aromatic carbocycles. The number of nitrogens with zero attached hydrogens (tertiary/aromatic N) is 1. The van der Waals surface area contributed by atoms with E-state index in [0.717, 1.165) is 11.3 Å². The van der Waals surface area contributed by atoms with E-state index >= 15 is 0 Å². The van der Waals surface area contributed by atoms with E-state index in [1.165, 1.54) is 11.8 Å². The van der Waals surface area contributed by atoms with Gasteiger partial charge in [-0.25, -0.2) is 0 Å². The zero-order chi connectivity index (χ0) is 13.3. The molecule has 0 N–H and O–H groups in total. The fraction of sp³-hybridized carbons (Fsp3) is 0.214. The molecule has 2 aromatic rings. The van der Waals surface area contributed by atoms with E-state index in [0.29, 0.717) is 10.2 Å². The predicted molar refractivity (Wildman–Crippen MR) is 75.1 cm³/mol. The van der Waals surface area contributed by atoms with E-state index in [1.54, 1.807) is 18.0 Å². The highest BCUT2D eigenvalue weighted by Crippen LogP contribution is 2.24. The van der Waals surface area contributed by atoms with Gasteiger partial charge in [-0.3, -0.25) is 4.79 Å². The molecule has 2 rings (SSSR count). The minimum Gasteiger partial charge on any atom is -0.457 e. The summed E-state index contributed by atoms with van der Waals surface area (Å²) < 4.78 is 5.55. The van der Waals surface area contributed by atoms with E-state index in [2.05, 4.69) is 22.0 Å². The summed E-state index contributed by atoms with van der Waals surface area (Å²) in [6, 6.07) is 7.67. The van der Waals surface area contributed by atoms with Crippen LogP contribution >= 0.6 is 15.9 Å². The van der Waals surface area contributed by atoms with Crippen molar-refractivity contribution in [3.63, 3.8) is 0 Å². The molecule has 4 heteroatoms. The monoisotopic (exact) mass is 307 g/mol. The van der Waals surface area contributed by atoms with Crippen LogP contribution < -0.4 is 4.90 Å². The average molecular weight is 308 g/mol. The summed E-state index contributed by atoms with van der Waals surface area (Å²) in [5.74, 6) is -0.0948. The van der Waals surface area contributed by atoms with Gasteiger partial charge in [0.15, 0.2) is 4.67 Å². The van der Waals surface area contributed by atoms with Crippen LogP contribution in [0.25, 0.3) is 0 Å². The predicted octanol–water partition coefficient (Wildman–Crippen LogP) is 3.94. The lowest BCUT2D eigenvalue weighted by Gasteiger charge is -2.19. The molecule has 18 heavy (non-hydrogen) atoms. The summed E-state index contributed by atoms with van der Waals surface area (Å²) in [4.78, 5) is 13.9. The Labute approximate surface area is 115 Å². The molecule has 1 amide bonds. The van der Waals surface area contributed by atoms with E-state index in [1.807, 2.05) is 26.0 Å². The summed E-state index contributed by atoms with van der Waals surface area (Å²) in [5.41, 5.74) is 3.68. The molecule has 3 nitrogen and oxygen atoms in total. The number of rotatable bonds is 2. The molecular weight excluding hydrogens is 294 g/mol. The molecule has 0 aliphatic rings. The number of carbonyl (C=O) groups excluding carboxylic acids is 1. The Bertz CT molecular complexity index is 589. The van der Waals surface area contributed by atoms with E-state index in [9.17, 15) is 4.79 Å². The molecule has 0 fully saturated rings. The minimum absolute atomic E-state index is 0.0948. The number of aryl methyl sites for hydroxylation is 2. The Morgan fingerprint density at radius 1 is 1.28 bits per heavy atom. The SMILES string of the molecule is Cc1ccc(N(C)C(=O)c2ccoc2Br)c(C)c1. The van der Waals surface area contributed by atoms with Gasteiger partial charge in [0.05, 0.1) is 11.8 Å². The maximum absolute atomic E-state index is 12.3. The Morgan fingerprint density at radius 3 is 2.56 bits per heavy atom. The van der Waals surface area contributed by atoms with Crippen LogP contribution in [0.4, 0.5) is 5.69 Å². The van der Waals surface area contributed by atoms with Crippen LogP contribution in [-0.2, 0) is 0 Å². The van der Waals surface area contributed by atoms with Crippen LogP contribution in [0.5, 0.6) is 0 Å². The first-order valence-corrected chi connectivity index (χ1v) is 6.38. The third-order valence-corrected chi connectivity index (χ3v) is 3.48. The van der Waals surface area contributed by atoms with Crippen molar-refractivity contribution >= 4 is 27.5 Å². The third-order valence-electron chi connectivity index (χ3n) is 2.87. The highest BCUT2D eigenvalue weighted by molar-refractivity contribution is 9.10. The molecule has 0 bridgehead atoms. The van der Waals surface area contributed by atoms with Gasteiger partial charge in [0, 0.05) is 12.7 Å². The number of benzene rings is 1. The Morgan fingerprint density at radius 2 is 2.00 bits per heavy atom. The summed E-state index contributed by atoms with van der Waals surface area (Å²) in [6.45, 7) is 4.03. The van der Waals surface area contributed by atoms with Crippen LogP contribution in [-0.4, -0.2) is 13.0 Å². The van der Waals surface area contributed by atoms with Crippen molar-refractivity contribution in [1.82, 2.24) is 0 Å². The lowest BCUT2D eigenvalue weighted by Crippen LogP contribution is -2.26. The van der Waals surface area contributed by atoms with E-state index in [4.69, 9.17) is 4.42 Å². The van der Waals surface area contributed by atoms with Gasteiger partial charge in [0.25, 0.3) is 5.91 Å². The first kappa shape index (κ1) is 12.9. The molecule has 0 unspecified atom stereocenters. The van der Waals surface area contributed by atoms with Gasteiger partial charge in [0.2, 0.25) is 0 Å². The van der Waals surface area contributed by atoms with Gasteiger partial charge in [-0.1, -0.05) is 17.7 Å². The highest BCUT2D eigenvalue weighted by atomic mass is 79.9. The van der Waals surface area contributed by atoms with E-state index < -0.39 is 0 Å². The molecule has 0 aliphatic carbocycles. The number of anilines is 1. The zero-order valence-electron chi connectivity index (χ0n) is 10.5. The van der Waals surface area contributed by atoms with Gasteiger partial charge in [0.1, 0.15) is 0 Å². The Balaban J connectivity index is 2.34. The Kier molecular flexibility index (Phi) is 3.57. The van der Waals surface area contributed by atoms with Crippen molar-refractivity contribution in [2.45, 2.75) is 13.8 Å². The molecule has 0 atom stereocenters. The molecule has 94 valence electrons. The second-order valence-electron chi connectivity index (χ2n) is 4.26. The van der Waals surface area contributed by atoms with Crippen molar-refractivity contribution < 1.29 is 9.21 Å². The third kappa shape index (κ3) is 2.34. The maximum Gasteiger partial charge on any atom is 0.262 e. The fourth-order valence-corrected chi connectivity index (χ4v) is 2.33.